The Bertz CT molecular complexity index is 2190. The van der Waals surface area contributed by atoms with Crippen molar-refractivity contribution in [3.05, 3.63) is 123 Å². The fourth-order valence-corrected chi connectivity index (χ4v) is 5.12. The molecule has 0 aliphatic heterocycles. The van der Waals surface area contributed by atoms with Crippen molar-refractivity contribution in [1.82, 2.24) is 29.3 Å². The number of hydrogen-bond acceptors (Lipinski definition) is 5. The Hall–Kier alpha value is -5.14. The molecule has 1 atom stereocenters. The molecule has 6 aromatic rings. The van der Waals surface area contributed by atoms with Gasteiger partial charge in [0.25, 0.3) is 11.5 Å². The number of nitrogens with one attached hydrogen (secondary N) is 1. The van der Waals surface area contributed by atoms with Crippen LogP contribution in [0.4, 0.5) is 5.82 Å². The third-order valence-corrected chi connectivity index (χ3v) is 7.15. The van der Waals surface area contributed by atoms with E-state index in [2.05, 4.69) is 43.3 Å². The smallest absolute Gasteiger partial charge is 0.264 e. The lowest BCUT2D eigenvalue weighted by molar-refractivity contribution is 0.0941. The quantitative estimate of drug-likeness (QED) is 0.284. The molecule has 0 bridgehead atoms. The molecule has 0 unspecified atom stereocenters. The maximum Gasteiger partial charge on any atom is 0.264 e. The Morgan fingerprint density at radius 2 is 1.95 bits per heavy atom. The predicted octanol–water partition coefficient (Wildman–Crippen LogP) is 4.61. The van der Waals surface area contributed by atoms with Gasteiger partial charge in [-0.25, -0.2) is 4.52 Å². The number of amides is 1. The van der Waals surface area contributed by atoms with Crippen molar-refractivity contribution in [1.29, 1.82) is 0 Å². The monoisotopic (exact) mass is 608 g/mol. The Labute approximate surface area is 247 Å². The second-order valence-electron chi connectivity index (χ2n) is 9.37. The van der Waals surface area contributed by atoms with Gasteiger partial charge in [0.1, 0.15) is 5.56 Å². The summed E-state index contributed by atoms with van der Waals surface area (Å²) in [6.07, 6.45) is 4.41. The largest absolute Gasteiger partial charge is 0.382 e. The molecule has 202 valence electrons. The highest BCUT2D eigenvalue weighted by molar-refractivity contribution is 9.10. The summed E-state index contributed by atoms with van der Waals surface area (Å²) in [4.78, 5) is 27.8. The van der Waals surface area contributed by atoms with Crippen molar-refractivity contribution < 1.29 is 8.91 Å². The number of para-hydroxylation sites is 1. The van der Waals surface area contributed by atoms with Crippen molar-refractivity contribution in [3.63, 3.8) is 0 Å². The summed E-state index contributed by atoms with van der Waals surface area (Å²) in [5, 5.41) is 12.1. The highest BCUT2D eigenvalue weighted by atomic mass is 79.9. The van der Waals surface area contributed by atoms with E-state index in [-0.39, 0.29) is 16.9 Å². The van der Waals surface area contributed by atoms with Crippen molar-refractivity contribution >= 4 is 43.9 Å². The van der Waals surface area contributed by atoms with E-state index in [1.54, 1.807) is 42.0 Å². The second-order valence-corrected chi connectivity index (χ2v) is 10.3. The molecule has 4 heterocycles. The molecule has 41 heavy (non-hydrogen) atoms. The summed E-state index contributed by atoms with van der Waals surface area (Å²) < 4.78 is 27.3. The van der Waals surface area contributed by atoms with Gasteiger partial charge in [0.15, 0.2) is 5.82 Å². The van der Waals surface area contributed by atoms with Crippen LogP contribution < -0.4 is 16.6 Å². The Kier molecular flexibility index (Phi) is 5.77. The number of fused-ring (bicyclic) bond motifs is 2. The van der Waals surface area contributed by atoms with Gasteiger partial charge < -0.3 is 11.1 Å². The van der Waals surface area contributed by atoms with Gasteiger partial charge in [-0.05, 0) is 48.7 Å². The van der Waals surface area contributed by atoms with Crippen LogP contribution in [0.2, 0.25) is 0 Å². The molecule has 6 rings (SSSR count). The van der Waals surface area contributed by atoms with E-state index >= 15 is 0 Å². The summed E-state index contributed by atoms with van der Waals surface area (Å²) in [7, 11) is 0. The summed E-state index contributed by atoms with van der Waals surface area (Å²) in [5.41, 5.74) is 8.59. The fraction of sp³-hybridized carbons (Fsp3) is 0.0968. The normalized spacial score (nSPS) is 13.2. The molecule has 0 spiro atoms. The van der Waals surface area contributed by atoms with Gasteiger partial charge in [-0.15, -0.1) is 5.10 Å². The third kappa shape index (κ3) is 4.88. The van der Waals surface area contributed by atoms with E-state index in [1.165, 1.54) is 16.9 Å². The zero-order valence-electron chi connectivity index (χ0n) is 24.7. The topological polar surface area (TPSA) is 112 Å². The highest BCUT2D eigenvalue weighted by Gasteiger charge is 2.23. The van der Waals surface area contributed by atoms with Crippen molar-refractivity contribution in [3.8, 4) is 17.5 Å². The van der Waals surface area contributed by atoms with Crippen LogP contribution in [0.15, 0.2) is 94.6 Å². The lowest BCUT2D eigenvalue weighted by Crippen LogP contribution is -2.32. The average molecular weight is 610 g/mol. The van der Waals surface area contributed by atoms with Gasteiger partial charge in [0, 0.05) is 44.9 Å². The van der Waals surface area contributed by atoms with Crippen LogP contribution in [0.25, 0.3) is 22.0 Å². The standard InChI is InChI=1S/C31H24BrN7O2/c1-19(35-30(40)28-26-16-23(32)13-14-38(26)36-29(28)33)25-15-22-8-6-7-21(12-11-20-17-34-37(2)18-20)27(22)31(41)39(25)24-9-4-3-5-10-24/h3-10,13-19H,1-2H3,(H2,33,36)(H,35,40)/t19-/m0/s1/i2D3. The molecule has 0 fully saturated rings. The number of benzene rings is 2. The van der Waals surface area contributed by atoms with Crippen LogP contribution in [-0.2, 0) is 6.98 Å². The molecule has 10 heteroatoms. The maximum absolute atomic E-state index is 14.3. The molecule has 2 aromatic carbocycles. The Balaban J connectivity index is 1.45. The van der Waals surface area contributed by atoms with Crippen LogP contribution in [0.3, 0.4) is 0 Å². The van der Waals surface area contributed by atoms with Crippen molar-refractivity contribution in [2.75, 3.05) is 5.73 Å². The molecule has 1 amide bonds. The number of halogens is 1. The third-order valence-electron chi connectivity index (χ3n) is 6.66. The molecule has 4 aromatic heterocycles. The SMILES string of the molecule is [2H]C([2H])([2H])n1cc(C#Cc2cccc3cc([C@H](C)NC(=O)c4c(N)nn5ccc(Br)cc45)n(-c4ccccc4)c(=O)c23)cn1. The minimum absolute atomic E-state index is 0.0828. The summed E-state index contributed by atoms with van der Waals surface area (Å²) in [6.45, 7) is -0.624. The van der Waals surface area contributed by atoms with E-state index in [4.69, 9.17) is 9.85 Å². The first-order valence-electron chi connectivity index (χ1n) is 14.1. The first-order valence-corrected chi connectivity index (χ1v) is 13.4. The molecule has 9 nitrogen and oxygen atoms in total. The maximum atomic E-state index is 14.3. The molecule has 0 aliphatic rings. The van der Waals surface area contributed by atoms with Crippen LogP contribution in [0, 0.1) is 11.8 Å². The van der Waals surface area contributed by atoms with Crippen LogP contribution in [-0.4, -0.2) is 29.9 Å². The molecule has 0 saturated carbocycles. The highest BCUT2D eigenvalue weighted by Crippen LogP contribution is 2.26. The van der Waals surface area contributed by atoms with E-state index in [1.807, 2.05) is 42.5 Å². The first kappa shape index (κ1) is 22.7. The number of nitrogens with zero attached hydrogens (tertiary/aromatic N) is 5. The van der Waals surface area contributed by atoms with Gasteiger partial charge in [0.2, 0.25) is 0 Å². The number of pyridine rings is 2. The van der Waals surface area contributed by atoms with Crippen LogP contribution in [0.5, 0.6) is 0 Å². The first-order chi connectivity index (χ1) is 21.0. The molecule has 0 radical (unpaired) electrons. The average Bonchev–Trinajstić information content (AvgIpc) is 3.60. The van der Waals surface area contributed by atoms with E-state index in [0.717, 1.165) is 9.15 Å². The van der Waals surface area contributed by atoms with Gasteiger partial charge in [-0.2, -0.15) is 5.10 Å². The number of nitrogen functional groups attached to an aromatic ring is 1. The zero-order valence-corrected chi connectivity index (χ0v) is 23.3. The van der Waals surface area contributed by atoms with Crippen molar-refractivity contribution in [2.24, 2.45) is 6.98 Å². The molecule has 3 N–H and O–H groups in total. The van der Waals surface area contributed by atoms with Gasteiger partial charge in [-0.1, -0.05) is 58.1 Å². The minimum Gasteiger partial charge on any atom is -0.382 e. The second kappa shape index (κ2) is 10.4. The number of aromatic nitrogens is 5. The number of carbonyl (C=O) groups excluding carboxylic acids is 1. The number of aryl methyl sites for hydroxylation is 1. The molecular weight excluding hydrogens is 582 g/mol. The molecular formula is C31H24BrN7O2. The number of rotatable bonds is 4. The Morgan fingerprint density at radius 1 is 1.12 bits per heavy atom. The van der Waals surface area contributed by atoms with Crippen molar-refractivity contribution in [2.45, 2.75) is 13.0 Å². The number of nitrogens with two attached hydrogens (primary N) is 1. The number of carbonyl (C=O) groups is 1. The summed E-state index contributed by atoms with van der Waals surface area (Å²) in [5.74, 6) is 5.59. The molecule has 0 aliphatic carbocycles. The minimum atomic E-state index is -2.42. The van der Waals surface area contributed by atoms with Crippen LogP contribution >= 0.6 is 15.9 Å². The summed E-state index contributed by atoms with van der Waals surface area (Å²) in [6, 6.07) is 19.2. The number of hydrogen-bond donors (Lipinski definition) is 2. The predicted molar refractivity (Wildman–Crippen MR) is 162 cm³/mol. The summed E-state index contributed by atoms with van der Waals surface area (Å²) >= 11 is 3.43. The van der Waals surface area contributed by atoms with Gasteiger partial charge >= 0.3 is 0 Å². The van der Waals surface area contributed by atoms with Gasteiger partial charge in [-0.3, -0.25) is 18.8 Å². The zero-order chi connectivity index (χ0) is 31.2. The van der Waals surface area contributed by atoms with E-state index < -0.39 is 18.9 Å². The van der Waals surface area contributed by atoms with Gasteiger partial charge in [0.05, 0.1) is 28.7 Å². The fourth-order valence-electron chi connectivity index (χ4n) is 4.79. The van der Waals surface area contributed by atoms with E-state index in [0.29, 0.717) is 38.8 Å². The lowest BCUT2D eigenvalue weighted by Gasteiger charge is -2.21. The lowest BCUT2D eigenvalue weighted by atomic mass is 10.0. The Morgan fingerprint density at radius 3 is 2.73 bits per heavy atom. The molecule has 0 saturated heterocycles. The number of anilines is 1. The van der Waals surface area contributed by atoms with Crippen LogP contribution in [0.1, 0.15) is 44.3 Å². The van der Waals surface area contributed by atoms with E-state index in [9.17, 15) is 9.59 Å².